The average Bonchev–Trinajstić information content (AvgIpc) is 3.08. The van der Waals surface area contributed by atoms with Gasteiger partial charge in [-0.05, 0) is 30.5 Å². The van der Waals surface area contributed by atoms with Gasteiger partial charge in [0.25, 0.3) is 11.8 Å². The summed E-state index contributed by atoms with van der Waals surface area (Å²) in [7, 11) is 0. The molecule has 2 heterocycles. The molecular weight excluding hydrogens is 293 g/mol. The van der Waals surface area contributed by atoms with E-state index in [1.807, 2.05) is 0 Å². The molecule has 0 bridgehead atoms. The Balaban J connectivity index is 1.88. The Bertz CT molecular complexity index is 797. The summed E-state index contributed by atoms with van der Waals surface area (Å²) in [6.45, 7) is 1.71. The molecule has 1 N–H and O–H groups in total. The third-order valence-corrected chi connectivity index (χ3v) is 3.66. The third kappa shape index (κ3) is 2.68. The van der Waals surface area contributed by atoms with Crippen molar-refractivity contribution in [2.75, 3.05) is 5.32 Å². The Labute approximate surface area is 123 Å². The van der Waals surface area contributed by atoms with Crippen molar-refractivity contribution >= 4 is 22.9 Å². The number of amides is 1. The summed E-state index contributed by atoms with van der Waals surface area (Å²) in [5, 5.41) is 8.16. The van der Waals surface area contributed by atoms with E-state index in [0.717, 1.165) is 0 Å². The number of halogens is 1. The first kappa shape index (κ1) is 13.4. The normalized spacial score (nSPS) is 10.6. The highest BCUT2D eigenvalue weighted by atomic mass is 32.1. The second-order valence-electron chi connectivity index (χ2n) is 4.24. The zero-order valence-electron chi connectivity index (χ0n) is 11.0. The fourth-order valence-electron chi connectivity index (χ4n) is 1.80. The summed E-state index contributed by atoms with van der Waals surface area (Å²) in [4.78, 5) is 16.9. The molecule has 0 fully saturated rings. The fraction of sp³-hybridized carbons (Fsp3) is 0.0714. The number of thiophene rings is 1. The molecule has 0 atom stereocenters. The van der Waals surface area contributed by atoms with Crippen LogP contribution in [0.5, 0.6) is 0 Å². The van der Waals surface area contributed by atoms with Crippen LogP contribution >= 0.6 is 11.3 Å². The zero-order chi connectivity index (χ0) is 14.8. The minimum absolute atomic E-state index is 0.0173. The van der Waals surface area contributed by atoms with Gasteiger partial charge >= 0.3 is 0 Å². The maximum atomic E-state index is 13.6. The molecule has 3 aromatic rings. The van der Waals surface area contributed by atoms with Crippen LogP contribution in [0.2, 0.25) is 0 Å². The molecule has 1 aromatic carbocycles. The van der Waals surface area contributed by atoms with Crippen molar-refractivity contribution in [3.63, 3.8) is 0 Å². The van der Waals surface area contributed by atoms with Gasteiger partial charge < -0.3 is 9.84 Å². The van der Waals surface area contributed by atoms with Crippen LogP contribution in [0, 0.1) is 12.7 Å². The number of aryl methyl sites for hydroxylation is 1. The first-order valence-electron chi connectivity index (χ1n) is 6.09. The van der Waals surface area contributed by atoms with Gasteiger partial charge in [0.05, 0.1) is 11.3 Å². The maximum Gasteiger partial charge on any atom is 0.270 e. The molecule has 0 saturated carbocycles. The van der Waals surface area contributed by atoms with E-state index in [4.69, 9.17) is 4.52 Å². The molecule has 21 heavy (non-hydrogen) atoms. The molecule has 7 heteroatoms. The smallest absolute Gasteiger partial charge is 0.270 e. The van der Waals surface area contributed by atoms with Crippen LogP contribution < -0.4 is 5.32 Å². The maximum absolute atomic E-state index is 13.6. The number of nitrogens with one attached hydrogen (secondary N) is 1. The molecule has 0 aliphatic carbocycles. The van der Waals surface area contributed by atoms with Crippen LogP contribution in [-0.4, -0.2) is 16.0 Å². The minimum atomic E-state index is -0.569. The van der Waals surface area contributed by atoms with Gasteiger partial charge in [-0.3, -0.25) is 4.79 Å². The number of anilines is 1. The number of rotatable bonds is 3. The SMILES string of the molecule is Cc1noc(-c2sccc2NC(=O)c2ccccc2F)n1. The van der Waals surface area contributed by atoms with Crippen LogP contribution in [0.1, 0.15) is 16.2 Å². The molecular formula is C14H10FN3O2S. The largest absolute Gasteiger partial charge is 0.333 e. The molecule has 0 radical (unpaired) electrons. The van der Waals surface area contributed by atoms with E-state index in [1.165, 1.54) is 29.5 Å². The fourth-order valence-corrected chi connectivity index (χ4v) is 2.57. The van der Waals surface area contributed by atoms with Gasteiger partial charge in [0, 0.05) is 0 Å². The van der Waals surface area contributed by atoms with E-state index in [9.17, 15) is 9.18 Å². The summed E-state index contributed by atoms with van der Waals surface area (Å²) in [5.74, 6) is -0.263. The molecule has 5 nitrogen and oxygen atoms in total. The van der Waals surface area contributed by atoms with Crippen molar-refractivity contribution in [3.05, 3.63) is 52.9 Å². The van der Waals surface area contributed by atoms with E-state index in [2.05, 4.69) is 15.5 Å². The lowest BCUT2D eigenvalue weighted by molar-refractivity contribution is 0.102. The number of benzene rings is 1. The third-order valence-electron chi connectivity index (χ3n) is 2.75. The molecule has 0 saturated heterocycles. The highest BCUT2D eigenvalue weighted by molar-refractivity contribution is 7.14. The highest BCUT2D eigenvalue weighted by Crippen LogP contribution is 2.32. The van der Waals surface area contributed by atoms with E-state index in [-0.39, 0.29) is 5.56 Å². The molecule has 0 aliphatic rings. The van der Waals surface area contributed by atoms with Gasteiger partial charge in [0.2, 0.25) is 0 Å². The summed E-state index contributed by atoms with van der Waals surface area (Å²) in [6.07, 6.45) is 0. The Hall–Kier alpha value is -2.54. The second kappa shape index (κ2) is 5.45. The van der Waals surface area contributed by atoms with Crippen LogP contribution in [0.15, 0.2) is 40.2 Å². The van der Waals surface area contributed by atoms with E-state index < -0.39 is 11.7 Å². The molecule has 0 unspecified atom stereocenters. The second-order valence-corrected chi connectivity index (χ2v) is 5.16. The zero-order valence-corrected chi connectivity index (χ0v) is 11.8. The number of nitrogens with zero attached hydrogens (tertiary/aromatic N) is 2. The summed E-state index contributed by atoms with van der Waals surface area (Å²) >= 11 is 1.35. The first-order valence-corrected chi connectivity index (χ1v) is 6.97. The quantitative estimate of drug-likeness (QED) is 0.804. The lowest BCUT2D eigenvalue weighted by atomic mass is 10.2. The van der Waals surface area contributed by atoms with Gasteiger partial charge in [-0.15, -0.1) is 11.3 Å². The number of carbonyl (C=O) groups is 1. The monoisotopic (exact) mass is 303 g/mol. The minimum Gasteiger partial charge on any atom is -0.333 e. The predicted octanol–water partition coefficient (Wildman–Crippen LogP) is 3.50. The average molecular weight is 303 g/mol. The Morgan fingerprint density at radius 2 is 2.14 bits per heavy atom. The van der Waals surface area contributed by atoms with Gasteiger partial charge in [-0.25, -0.2) is 4.39 Å². The predicted molar refractivity (Wildman–Crippen MR) is 76.7 cm³/mol. The van der Waals surface area contributed by atoms with E-state index >= 15 is 0 Å². The van der Waals surface area contributed by atoms with Crippen molar-refractivity contribution in [2.45, 2.75) is 6.92 Å². The lowest BCUT2D eigenvalue weighted by Crippen LogP contribution is -2.13. The van der Waals surface area contributed by atoms with Crippen LogP contribution in [0.4, 0.5) is 10.1 Å². The number of aromatic nitrogens is 2. The molecule has 2 aromatic heterocycles. The van der Waals surface area contributed by atoms with Crippen molar-refractivity contribution in [3.8, 4) is 10.8 Å². The van der Waals surface area contributed by atoms with Gasteiger partial charge in [-0.2, -0.15) is 4.98 Å². The van der Waals surface area contributed by atoms with Crippen LogP contribution in [-0.2, 0) is 0 Å². The van der Waals surface area contributed by atoms with Crippen LogP contribution in [0.25, 0.3) is 10.8 Å². The van der Waals surface area contributed by atoms with Crippen molar-refractivity contribution in [1.29, 1.82) is 0 Å². The van der Waals surface area contributed by atoms with Gasteiger partial charge in [0.15, 0.2) is 5.82 Å². The molecule has 3 rings (SSSR count). The van der Waals surface area contributed by atoms with Gasteiger partial charge in [-0.1, -0.05) is 17.3 Å². The Morgan fingerprint density at radius 1 is 1.33 bits per heavy atom. The lowest BCUT2D eigenvalue weighted by Gasteiger charge is -2.05. The molecule has 1 amide bonds. The summed E-state index contributed by atoms with van der Waals surface area (Å²) in [6, 6.07) is 7.51. The van der Waals surface area contributed by atoms with Crippen LogP contribution in [0.3, 0.4) is 0 Å². The molecule has 106 valence electrons. The highest BCUT2D eigenvalue weighted by Gasteiger charge is 2.17. The number of hydrogen-bond donors (Lipinski definition) is 1. The van der Waals surface area contributed by atoms with Crippen molar-refractivity contribution in [2.24, 2.45) is 0 Å². The molecule has 0 spiro atoms. The van der Waals surface area contributed by atoms with Crippen molar-refractivity contribution in [1.82, 2.24) is 10.1 Å². The number of hydrogen-bond acceptors (Lipinski definition) is 5. The Morgan fingerprint density at radius 3 is 2.86 bits per heavy atom. The first-order chi connectivity index (χ1) is 10.1. The van der Waals surface area contributed by atoms with E-state index in [0.29, 0.717) is 22.3 Å². The summed E-state index contributed by atoms with van der Waals surface area (Å²) < 4.78 is 18.7. The summed E-state index contributed by atoms with van der Waals surface area (Å²) in [5.41, 5.74) is 0.494. The Kier molecular flexibility index (Phi) is 3.49. The van der Waals surface area contributed by atoms with E-state index in [1.54, 1.807) is 24.4 Å². The number of carbonyl (C=O) groups excluding carboxylic acids is 1. The van der Waals surface area contributed by atoms with Gasteiger partial charge in [0.1, 0.15) is 10.7 Å². The molecule has 0 aliphatic heterocycles. The topological polar surface area (TPSA) is 68.0 Å². The standard InChI is InChI=1S/C14H10FN3O2S/c1-8-16-14(20-18-8)12-11(6-7-21-12)17-13(19)9-4-2-3-5-10(9)15/h2-7H,1H3,(H,17,19). The van der Waals surface area contributed by atoms with Crippen molar-refractivity contribution < 1.29 is 13.7 Å².